The zero-order chi connectivity index (χ0) is 29.3. The van der Waals surface area contributed by atoms with Gasteiger partial charge >= 0.3 is 0 Å². The van der Waals surface area contributed by atoms with Crippen molar-refractivity contribution < 1.29 is 0 Å². The van der Waals surface area contributed by atoms with Crippen LogP contribution in [0.15, 0.2) is 170 Å². The maximum absolute atomic E-state index is 5.24. The molecule has 0 spiro atoms. The molecule has 0 atom stereocenters. The molecule has 0 radical (unpaired) electrons. The van der Waals surface area contributed by atoms with E-state index in [1.165, 1.54) is 43.8 Å². The molecule has 0 amide bonds. The van der Waals surface area contributed by atoms with Crippen LogP contribution in [-0.4, -0.2) is 9.97 Å². The lowest BCUT2D eigenvalue weighted by atomic mass is 9.86. The highest BCUT2D eigenvalue weighted by molar-refractivity contribution is 6.21. The first-order valence-electron chi connectivity index (χ1n) is 14.9. The van der Waals surface area contributed by atoms with Crippen molar-refractivity contribution in [2.45, 2.75) is 0 Å². The van der Waals surface area contributed by atoms with Crippen LogP contribution in [0.5, 0.6) is 0 Å². The summed E-state index contributed by atoms with van der Waals surface area (Å²) in [4.78, 5) is 10.3. The molecule has 8 aromatic rings. The third-order valence-electron chi connectivity index (χ3n) is 8.30. The molecular weight excluding hydrogens is 532 g/mol. The van der Waals surface area contributed by atoms with Crippen molar-refractivity contribution in [2.24, 2.45) is 0 Å². The number of hydrogen-bond donors (Lipinski definition) is 0. The Bertz CT molecular complexity index is 2120. The van der Waals surface area contributed by atoms with E-state index in [9.17, 15) is 0 Å². The average molecular weight is 561 g/mol. The minimum atomic E-state index is 0.718. The van der Waals surface area contributed by atoms with E-state index in [0.717, 1.165) is 33.9 Å². The number of rotatable bonds is 5. The Kier molecular flexibility index (Phi) is 6.51. The predicted molar refractivity (Wildman–Crippen MR) is 184 cm³/mol. The molecule has 206 valence electrons. The molecule has 0 bridgehead atoms. The highest BCUT2D eigenvalue weighted by Crippen LogP contribution is 2.44. The molecule has 0 aliphatic heterocycles. The van der Waals surface area contributed by atoms with Crippen molar-refractivity contribution in [1.29, 1.82) is 0 Å². The summed E-state index contributed by atoms with van der Waals surface area (Å²) in [5, 5.41) is 4.75. The SMILES string of the molecule is c1ccc(-c2ccc(-c3c4ccccc4c(-c4cc(-c5ccccc5)nc(-c5ccccc5)n4)c4ccccc34)cc2)cc1. The Hall–Kier alpha value is -5.86. The molecule has 0 saturated carbocycles. The van der Waals surface area contributed by atoms with Gasteiger partial charge in [-0.05, 0) is 49.9 Å². The van der Waals surface area contributed by atoms with Crippen molar-refractivity contribution in [3.05, 3.63) is 170 Å². The van der Waals surface area contributed by atoms with E-state index in [4.69, 9.17) is 9.97 Å². The molecule has 0 saturated heterocycles. The first-order chi connectivity index (χ1) is 21.8. The molecule has 0 aliphatic rings. The molecule has 0 fully saturated rings. The second-order valence-corrected chi connectivity index (χ2v) is 11.0. The molecular formula is C42H28N2. The number of benzene rings is 7. The van der Waals surface area contributed by atoms with Crippen molar-refractivity contribution in [3.63, 3.8) is 0 Å². The lowest BCUT2D eigenvalue weighted by molar-refractivity contribution is 1.19. The monoisotopic (exact) mass is 560 g/mol. The van der Waals surface area contributed by atoms with Crippen LogP contribution in [0.4, 0.5) is 0 Å². The minimum Gasteiger partial charge on any atom is -0.228 e. The van der Waals surface area contributed by atoms with Crippen molar-refractivity contribution in [1.82, 2.24) is 9.97 Å². The van der Waals surface area contributed by atoms with Crippen LogP contribution < -0.4 is 0 Å². The molecule has 2 heteroatoms. The molecule has 0 unspecified atom stereocenters. The van der Waals surface area contributed by atoms with E-state index >= 15 is 0 Å². The summed E-state index contributed by atoms with van der Waals surface area (Å²) in [5.74, 6) is 0.718. The minimum absolute atomic E-state index is 0.718. The second-order valence-electron chi connectivity index (χ2n) is 11.0. The summed E-state index contributed by atoms with van der Waals surface area (Å²) in [6, 6.07) is 59.7. The fraction of sp³-hybridized carbons (Fsp3) is 0. The van der Waals surface area contributed by atoms with Crippen LogP contribution in [0.1, 0.15) is 0 Å². The number of nitrogens with zero attached hydrogens (tertiary/aromatic N) is 2. The molecule has 1 aromatic heterocycles. The van der Waals surface area contributed by atoms with Gasteiger partial charge in [0, 0.05) is 16.7 Å². The predicted octanol–water partition coefficient (Wildman–Crippen LogP) is 11.1. The topological polar surface area (TPSA) is 25.8 Å². The lowest BCUT2D eigenvalue weighted by Crippen LogP contribution is -1.98. The standard InChI is InChI=1S/C42H28N2/c1-4-14-29(15-5-1)30-24-26-32(27-25-30)40-34-20-10-12-22-36(34)41(37-23-13-11-21-35(37)40)39-28-38(31-16-6-2-7-17-31)43-42(44-39)33-18-8-3-9-19-33/h1-28H. The summed E-state index contributed by atoms with van der Waals surface area (Å²) in [6.07, 6.45) is 0. The molecule has 1 heterocycles. The fourth-order valence-electron chi connectivity index (χ4n) is 6.22. The van der Waals surface area contributed by atoms with Gasteiger partial charge in [0.05, 0.1) is 11.4 Å². The van der Waals surface area contributed by atoms with Gasteiger partial charge < -0.3 is 0 Å². The van der Waals surface area contributed by atoms with Gasteiger partial charge in [0.1, 0.15) is 0 Å². The van der Waals surface area contributed by atoms with Gasteiger partial charge in [0.25, 0.3) is 0 Å². The molecule has 8 rings (SSSR count). The van der Waals surface area contributed by atoms with E-state index in [-0.39, 0.29) is 0 Å². The van der Waals surface area contributed by atoms with E-state index in [1.54, 1.807) is 0 Å². The second kappa shape index (κ2) is 11.1. The first-order valence-corrected chi connectivity index (χ1v) is 14.9. The molecule has 0 N–H and O–H groups in total. The summed E-state index contributed by atoms with van der Waals surface area (Å²) < 4.78 is 0. The fourth-order valence-corrected chi connectivity index (χ4v) is 6.22. The van der Waals surface area contributed by atoms with Crippen LogP contribution in [0.2, 0.25) is 0 Å². The van der Waals surface area contributed by atoms with Gasteiger partial charge in [-0.1, -0.05) is 164 Å². The van der Waals surface area contributed by atoms with Gasteiger partial charge in [-0.15, -0.1) is 0 Å². The molecule has 44 heavy (non-hydrogen) atoms. The lowest BCUT2D eigenvalue weighted by Gasteiger charge is -2.18. The zero-order valence-electron chi connectivity index (χ0n) is 24.1. The van der Waals surface area contributed by atoms with Gasteiger partial charge in [-0.2, -0.15) is 0 Å². The van der Waals surface area contributed by atoms with Crippen molar-refractivity contribution in [3.8, 4) is 56.2 Å². The normalized spacial score (nSPS) is 11.2. The average Bonchev–Trinajstić information content (AvgIpc) is 3.11. The third kappa shape index (κ3) is 4.63. The Morgan fingerprint density at radius 1 is 0.273 bits per heavy atom. The number of hydrogen-bond acceptors (Lipinski definition) is 2. The van der Waals surface area contributed by atoms with E-state index in [0.29, 0.717) is 0 Å². The molecule has 7 aromatic carbocycles. The largest absolute Gasteiger partial charge is 0.228 e. The maximum Gasteiger partial charge on any atom is 0.160 e. The third-order valence-corrected chi connectivity index (χ3v) is 8.30. The Balaban J connectivity index is 1.40. The van der Waals surface area contributed by atoms with Crippen LogP contribution in [0, 0.1) is 0 Å². The summed E-state index contributed by atoms with van der Waals surface area (Å²) in [5.41, 5.74) is 9.87. The smallest absolute Gasteiger partial charge is 0.160 e. The maximum atomic E-state index is 5.24. The van der Waals surface area contributed by atoms with Crippen LogP contribution in [0.25, 0.3) is 77.7 Å². The van der Waals surface area contributed by atoms with Gasteiger partial charge in [0.2, 0.25) is 0 Å². The highest BCUT2D eigenvalue weighted by atomic mass is 14.9. The van der Waals surface area contributed by atoms with Crippen LogP contribution in [-0.2, 0) is 0 Å². The molecule has 2 nitrogen and oxygen atoms in total. The van der Waals surface area contributed by atoms with Gasteiger partial charge in [-0.25, -0.2) is 9.97 Å². The van der Waals surface area contributed by atoms with Gasteiger partial charge in [0.15, 0.2) is 5.82 Å². The number of fused-ring (bicyclic) bond motifs is 2. The van der Waals surface area contributed by atoms with Crippen LogP contribution in [0.3, 0.4) is 0 Å². The van der Waals surface area contributed by atoms with E-state index < -0.39 is 0 Å². The van der Waals surface area contributed by atoms with Gasteiger partial charge in [-0.3, -0.25) is 0 Å². The Morgan fingerprint density at radius 2 is 0.659 bits per heavy atom. The first kappa shape index (κ1) is 25.8. The number of aromatic nitrogens is 2. The molecule has 0 aliphatic carbocycles. The summed E-state index contributed by atoms with van der Waals surface area (Å²) in [6.45, 7) is 0. The quantitative estimate of drug-likeness (QED) is 0.196. The highest BCUT2D eigenvalue weighted by Gasteiger charge is 2.19. The Morgan fingerprint density at radius 3 is 1.20 bits per heavy atom. The zero-order valence-corrected chi connectivity index (χ0v) is 24.1. The van der Waals surface area contributed by atoms with Crippen molar-refractivity contribution in [2.75, 3.05) is 0 Å². The van der Waals surface area contributed by atoms with E-state index in [1.807, 2.05) is 24.3 Å². The summed E-state index contributed by atoms with van der Waals surface area (Å²) in [7, 11) is 0. The van der Waals surface area contributed by atoms with E-state index in [2.05, 4.69) is 146 Å². The Labute approximate surface area is 257 Å². The van der Waals surface area contributed by atoms with Crippen molar-refractivity contribution >= 4 is 21.5 Å². The summed E-state index contributed by atoms with van der Waals surface area (Å²) >= 11 is 0. The van der Waals surface area contributed by atoms with Crippen LogP contribution >= 0.6 is 0 Å².